The number of hydrogen-bond acceptors (Lipinski definition) is 4. The Morgan fingerprint density at radius 2 is 2.00 bits per heavy atom. The van der Waals surface area contributed by atoms with Gasteiger partial charge < -0.3 is 4.74 Å². The number of aryl methyl sites for hydroxylation is 1. The summed E-state index contributed by atoms with van der Waals surface area (Å²) < 4.78 is 18.6. The highest BCUT2D eigenvalue weighted by Gasteiger charge is 2.09. The van der Waals surface area contributed by atoms with E-state index in [-0.39, 0.29) is 5.75 Å². The second kappa shape index (κ2) is 5.93. The maximum atomic E-state index is 13.7. The number of nitrogens with zero attached hydrogens (tertiary/aromatic N) is 4. The maximum Gasteiger partial charge on any atom is 0.205 e. The van der Waals surface area contributed by atoms with E-state index in [4.69, 9.17) is 4.74 Å². The molecule has 2 aromatic carbocycles. The van der Waals surface area contributed by atoms with E-state index in [0.717, 1.165) is 16.7 Å². The highest BCUT2D eigenvalue weighted by molar-refractivity contribution is 5.58. The molecule has 0 spiro atoms. The van der Waals surface area contributed by atoms with Crippen LogP contribution in [0.5, 0.6) is 5.75 Å². The van der Waals surface area contributed by atoms with Gasteiger partial charge in [-0.3, -0.25) is 0 Å². The molecule has 0 amide bonds. The number of benzene rings is 2. The Kier molecular flexibility index (Phi) is 3.82. The van der Waals surface area contributed by atoms with Crippen LogP contribution >= 0.6 is 0 Å². The van der Waals surface area contributed by atoms with Crippen molar-refractivity contribution >= 4 is 0 Å². The quantitative estimate of drug-likeness (QED) is 0.743. The van der Waals surface area contributed by atoms with Gasteiger partial charge in [0.25, 0.3) is 0 Å². The smallest absolute Gasteiger partial charge is 0.205 e. The average molecular weight is 298 g/mol. The van der Waals surface area contributed by atoms with E-state index < -0.39 is 5.82 Å². The Bertz CT molecular complexity index is 800. The topological polar surface area (TPSA) is 52.8 Å². The molecule has 0 atom stereocenters. The number of rotatable bonds is 4. The molecule has 0 unspecified atom stereocenters. The van der Waals surface area contributed by atoms with E-state index in [1.165, 1.54) is 18.0 Å². The van der Waals surface area contributed by atoms with Crippen LogP contribution < -0.4 is 4.74 Å². The molecule has 0 aliphatic carbocycles. The van der Waals surface area contributed by atoms with E-state index >= 15 is 0 Å². The van der Waals surface area contributed by atoms with Crippen molar-refractivity contribution in [2.75, 3.05) is 7.11 Å². The standard InChI is InChI=1S/C16H15FN4O/c1-11-5-3-4-6-13(11)16-18-20-21(19-16)10-12-7-8-15(22-2)14(17)9-12/h3-9H,10H2,1-2H3. The van der Waals surface area contributed by atoms with E-state index in [1.54, 1.807) is 12.1 Å². The van der Waals surface area contributed by atoms with Crippen molar-refractivity contribution in [2.24, 2.45) is 0 Å². The molecule has 22 heavy (non-hydrogen) atoms. The van der Waals surface area contributed by atoms with E-state index in [1.807, 2.05) is 31.2 Å². The van der Waals surface area contributed by atoms with Crippen LogP contribution in [0.2, 0.25) is 0 Å². The molecule has 1 aromatic heterocycles. The first-order chi connectivity index (χ1) is 10.7. The molecule has 0 bridgehead atoms. The summed E-state index contributed by atoms with van der Waals surface area (Å²) in [7, 11) is 1.44. The molecule has 0 radical (unpaired) electrons. The highest BCUT2D eigenvalue weighted by Crippen LogP contribution is 2.20. The molecular formula is C16H15FN4O. The Labute approximate surface area is 127 Å². The van der Waals surface area contributed by atoms with Crippen molar-refractivity contribution in [3.8, 4) is 17.1 Å². The molecular weight excluding hydrogens is 283 g/mol. The zero-order valence-corrected chi connectivity index (χ0v) is 12.3. The van der Waals surface area contributed by atoms with Crippen LogP contribution in [0.25, 0.3) is 11.4 Å². The van der Waals surface area contributed by atoms with Crippen LogP contribution in [0.15, 0.2) is 42.5 Å². The van der Waals surface area contributed by atoms with Crippen LogP contribution in [-0.2, 0) is 6.54 Å². The predicted molar refractivity (Wildman–Crippen MR) is 80.0 cm³/mol. The van der Waals surface area contributed by atoms with Crippen molar-refractivity contribution in [2.45, 2.75) is 13.5 Å². The van der Waals surface area contributed by atoms with Gasteiger partial charge in [-0.2, -0.15) is 4.80 Å². The maximum absolute atomic E-state index is 13.7. The number of tetrazole rings is 1. The number of aromatic nitrogens is 4. The minimum atomic E-state index is -0.403. The first kappa shape index (κ1) is 14.2. The Hall–Kier alpha value is -2.76. The normalized spacial score (nSPS) is 10.7. The van der Waals surface area contributed by atoms with Crippen molar-refractivity contribution in [3.05, 3.63) is 59.4 Å². The van der Waals surface area contributed by atoms with Crippen LogP contribution in [0.3, 0.4) is 0 Å². The fourth-order valence-corrected chi connectivity index (χ4v) is 2.21. The first-order valence-electron chi connectivity index (χ1n) is 6.83. The number of hydrogen-bond donors (Lipinski definition) is 0. The second-order valence-corrected chi connectivity index (χ2v) is 4.93. The van der Waals surface area contributed by atoms with Gasteiger partial charge in [0.05, 0.1) is 13.7 Å². The van der Waals surface area contributed by atoms with Gasteiger partial charge in [-0.25, -0.2) is 4.39 Å². The fourth-order valence-electron chi connectivity index (χ4n) is 2.21. The summed E-state index contributed by atoms with van der Waals surface area (Å²) in [5.74, 6) is 0.377. The van der Waals surface area contributed by atoms with Crippen molar-refractivity contribution in [3.63, 3.8) is 0 Å². The monoisotopic (exact) mass is 298 g/mol. The SMILES string of the molecule is COc1ccc(Cn2nnc(-c3ccccc3C)n2)cc1F. The predicted octanol–water partition coefficient (Wildman–Crippen LogP) is 2.84. The van der Waals surface area contributed by atoms with Crippen LogP contribution in [0, 0.1) is 12.7 Å². The summed E-state index contributed by atoms with van der Waals surface area (Å²) in [4.78, 5) is 1.45. The third-order valence-corrected chi connectivity index (χ3v) is 3.38. The van der Waals surface area contributed by atoms with Gasteiger partial charge in [-0.1, -0.05) is 30.3 Å². The van der Waals surface area contributed by atoms with Crippen LogP contribution in [-0.4, -0.2) is 27.3 Å². The van der Waals surface area contributed by atoms with Crippen LogP contribution in [0.1, 0.15) is 11.1 Å². The van der Waals surface area contributed by atoms with Gasteiger partial charge in [-0.05, 0) is 35.4 Å². The highest BCUT2D eigenvalue weighted by atomic mass is 19.1. The van der Waals surface area contributed by atoms with Crippen molar-refractivity contribution < 1.29 is 9.13 Å². The lowest BCUT2D eigenvalue weighted by Crippen LogP contribution is -2.04. The third kappa shape index (κ3) is 2.81. The van der Waals surface area contributed by atoms with Crippen molar-refractivity contribution in [1.29, 1.82) is 0 Å². The lowest BCUT2D eigenvalue weighted by molar-refractivity contribution is 0.386. The largest absolute Gasteiger partial charge is 0.494 e. The third-order valence-electron chi connectivity index (χ3n) is 3.38. The molecule has 0 saturated heterocycles. The summed E-state index contributed by atoms with van der Waals surface area (Å²) in [5.41, 5.74) is 2.76. The molecule has 112 valence electrons. The van der Waals surface area contributed by atoms with Gasteiger partial charge in [0.2, 0.25) is 5.82 Å². The summed E-state index contributed by atoms with van der Waals surface area (Å²) in [5, 5.41) is 12.4. The van der Waals surface area contributed by atoms with E-state index in [2.05, 4.69) is 15.4 Å². The molecule has 5 nitrogen and oxygen atoms in total. The van der Waals surface area contributed by atoms with Gasteiger partial charge >= 0.3 is 0 Å². The first-order valence-corrected chi connectivity index (χ1v) is 6.83. The number of halogens is 1. The molecule has 0 fully saturated rings. The van der Waals surface area contributed by atoms with E-state index in [9.17, 15) is 4.39 Å². The second-order valence-electron chi connectivity index (χ2n) is 4.93. The van der Waals surface area contributed by atoms with Crippen molar-refractivity contribution in [1.82, 2.24) is 20.2 Å². The van der Waals surface area contributed by atoms with Gasteiger partial charge in [0.15, 0.2) is 11.6 Å². The molecule has 3 rings (SSSR count). The number of ether oxygens (including phenoxy) is 1. The molecule has 0 aliphatic heterocycles. The summed E-state index contributed by atoms with van der Waals surface area (Å²) in [6, 6.07) is 12.6. The summed E-state index contributed by atoms with van der Waals surface area (Å²) >= 11 is 0. The number of methoxy groups -OCH3 is 1. The zero-order chi connectivity index (χ0) is 15.5. The molecule has 3 aromatic rings. The molecule has 1 heterocycles. The minimum absolute atomic E-state index is 0.218. The summed E-state index contributed by atoms with van der Waals surface area (Å²) in [6.45, 7) is 2.34. The average Bonchev–Trinajstić information content (AvgIpc) is 2.96. The molecule has 6 heteroatoms. The Morgan fingerprint density at radius 1 is 1.18 bits per heavy atom. The Balaban J connectivity index is 1.83. The molecule has 0 saturated carbocycles. The summed E-state index contributed by atoms with van der Waals surface area (Å²) in [6.07, 6.45) is 0. The lowest BCUT2D eigenvalue weighted by atomic mass is 10.1. The van der Waals surface area contributed by atoms with Crippen LogP contribution in [0.4, 0.5) is 4.39 Å². The Morgan fingerprint density at radius 3 is 2.73 bits per heavy atom. The van der Waals surface area contributed by atoms with Gasteiger partial charge in [0.1, 0.15) is 0 Å². The van der Waals surface area contributed by atoms with E-state index in [0.29, 0.717) is 12.4 Å². The fraction of sp³-hybridized carbons (Fsp3) is 0.188. The molecule has 0 aliphatic rings. The van der Waals surface area contributed by atoms with Gasteiger partial charge in [-0.15, -0.1) is 10.2 Å². The minimum Gasteiger partial charge on any atom is -0.494 e. The zero-order valence-electron chi connectivity index (χ0n) is 12.3. The molecule has 0 N–H and O–H groups in total. The van der Waals surface area contributed by atoms with Gasteiger partial charge in [0, 0.05) is 5.56 Å². The lowest BCUT2D eigenvalue weighted by Gasteiger charge is -2.04.